The van der Waals surface area contributed by atoms with Crippen molar-refractivity contribution in [2.45, 2.75) is 19.1 Å². The molecule has 6 nitrogen and oxygen atoms in total. The number of alkyl halides is 3. The molecule has 1 unspecified atom stereocenters. The van der Waals surface area contributed by atoms with E-state index >= 15 is 0 Å². The van der Waals surface area contributed by atoms with E-state index in [0.717, 1.165) is 28.0 Å². The molecule has 1 N–H and O–H groups in total. The summed E-state index contributed by atoms with van der Waals surface area (Å²) in [6.07, 6.45) is -4.61. The number of carbonyl (C=O) groups excluding carboxylic acids is 1. The fraction of sp³-hybridized carbons (Fsp3) is 0.190. The first-order valence-electron chi connectivity index (χ1n) is 8.74. The molecule has 2 aromatic carbocycles. The number of carboxylic acids is 1. The van der Waals surface area contributed by atoms with Crippen LogP contribution >= 0.6 is 0 Å². The van der Waals surface area contributed by atoms with Crippen LogP contribution in [0.5, 0.6) is 0 Å². The first-order valence-corrected chi connectivity index (χ1v) is 8.74. The van der Waals surface area contributed by atoms with Gasteiger partial charge in [-0.3, -0.25) is 4.90 Å². The average molecular weight is 415 g/mol. The quantitative estimate of drug-likeness (QED) is 0.797. The van der Waals surface area contributed by atoms with E-state index in [-0.39, 0.29) is 17.0 Å². The van der Waals surface area contributed by atoms with Crippen molar-refractivity contribution in [2.24, 2.45) is 0 Å². The number of aliphatic carboxylic acids is 1. The van der Waals surface area contributed by atoms with Crippen LogP contribution in [0.15, 0.2) is 59.8 Å². The zero-order chi connectivity index (χ0) is 22.2. The molecule has 0 bridgehead atoms. The van der Waals surface area contributed by atoms with Gasteiger partial charge in [0.15, 0.2) is 0 Å². The minimum atomic E-state index is -4.61. The molecule has 2 aromatic rings. The lowest BCUT2D eigenvalue weighted by Gasteiger charge is -2.40. The summed E-state index contributed by atoms with van der Waals surface area (Å²) in [7, 11) is 1.38. The Morgan fingerprint density at radius 2 is 1.80 bits per heavy atom. The highest BCUT2D eigenvalue weighted by atomic mass is 19.4. The molecule has 0 saturated carbocycles. The molecule has 3 rings (SSSR count). The van der Waals surface area contributed by atoms with Gasteiger partial charge in [0.25, 0.3) is 0 Å². The minimum Gasteiger partial charge on any atom is -0.478 e. The van der Waals surface area contributed by atoms with E-state index in [0.29, 0.717) is 11.1 Å². The number of hydrogen-bond donors (Lipinski definition) is 1. The third-order valence-corrected chi connectivity index (χ3v) is 4.90. The van der Waals surface area contributed by atoms with Gasteiger partial charge in [0.05, 0.1) is 34.5 Å². The van der Waals surface area contributed by atoms with Gasteiger partial charge in [-0.05, 0) is 42.8 Å². The molecule has 9 heteroatoms. The highest BCUT2D eigenvalue weighted by Gasteiger charge is 2.41. The fourth-order valence-corrected chi connectivity index (χ4v) is 3.45. The maximum Gasteiger partial charge on any atom is 0.416 e. The summed E-state index contributed by atoms with van der Waals surface area (Å²) in [5.74, 6) is -1.31. The molecule has 1 atom stereocenters. The fourth-order valence-electron chi connectivity index (χ4n) is 3.45. The number of urea groups is 1. The SMILES string of the molecule is CC1=C(C(=O)O)C(c2ccc(C#N)cc2)N(C)C(=O)N1c1cccc(C(F)(F)F)c1. The number of allylic oxidation sites excluding steroid dienone is 1. The van der Waals surface area contributed by atoms with E-state index in [4.69, 9.17) is 5.26 Å². The van der Waals surface area contributed by atoms with Crippen LogP contribution in [0.25, 0.3) is 0 Å². The van der Waals surface area contributed by atoms with E-state index in [1.807, 2.05) is 6.07 Å². The van der Waals surface area contributed by atoms with Crippen molar-refractivity contribution in [3.05, 3.63) is 76.5 Å². The maximum absolute atomic E-state index is 13.1. The molecular formula is C21H16F3N3O3. The van der Waals surface area contributed by atoms with E-state index in [1.54, 1.807) is 12.1 Å². The standard InChI is InChI=1S/C21H16F3N3O3/c1-12-17(19(28)29)18(14-8-6-13(11-25)7-9-14)26(2)20(30)27(12)16-5-3-4-15(10-16)21(22,23)24/h3-10,18H,1-2H3,(H,28,29). The molecule has 0 saturated heterocycles. The summed E-state index contributed by atoms with van der Waals surface area (Å²) >= 11 is 0. The van der Waals surface area contributed by atoms with Gasteiger partial charge in [0.1, 0.15) is 0 Å². The number of carboxylic acid groups (broad SMARTS) is 1. The maximum atomic E-state index is 13.1. The van der Waals surface area contributed by atoms with E-state index in [1.165, 1.54) is 32.2 Å². The van der Waals surface area contributed by atoms with Crippen molar-refractivity contribution in [1.82, 2.24) is 4.90 Å². The Labute approximate surface area is 170 Å². The van der Waals surface area contributed by atoms with Gasteiger partial charge in [-0.1, -0.05) is 18.2 Å². The molecule has 1 heterocycles. The van der Waals surface area contributed by atoms with Crippen LogP contribution in [-0.2, 0) is 11.0 Å². The lowest BCUT2D eigenvalue weighted by Crippen LogP contribution is -2.49. The van der Waals surface area contributed by atoms with Gasteiger partial charge in [-0.15, -0.1) is 0 Å². The number of nitriles is 1. The second-order valence-electron chi connectivity index (χ2n) is 6.72. The predicted octanol–water partition coefficient (Wildman–Crippen LogP) is 4.55. The summed E-state index contributed by atoms with van der Waals surface area (Å²) < 4.78 is 39.3. The Bertz CT molecular complexity index is 1090. The van der Waals surface area contributed by atoms with Crippen LogP contribution < -0.4 is 4.90 Å². The van der Waals surface area contributed by atoms with Crippen LogP contribution in [0, 0.1) is 11.3 Å². The molecule has 0 fully saturated rings. The molecular weight excluding hydrogens is 399 g/mol. The normalized spacial score (nSPS) is 17.2. The van der Waals surface area contributed by atoms with Gasteiger partial charge < -0.3 is 10.0 Å². The molecule has 154 valence electrons. The van der Waals surface area contributed by atoms with Crippen LogP contribution in [0.2, 0.25) is 0 Å². The molecule has 0 aliphatic carbocycles. The van der Waals surface area contributed by atoms with Crippen molar-refractivity contribution >= 4 is 17.7 Å². The third-order valence-electron chi connectivity index (χ3n) is 4.90. The predicted molar refractivity (Wildman–Crippen MR) is 101 cm³/mol. The molecule has 1 aliphatic heterocycles. The lowest BCUT2D eigenvalue weighted by molar-refractivity contribution is -0.137. The molecule has 2 amide bonds. The number of halogens is 3. The smallest absolute Gasteiger partial charge is 0.416 e. The minimum absolute atomic E-state index is 0.0132. The lowest BCUT2D eigenvalue weighted by atomic mass is 9.92. The molecule has 30 heavy (non-hydrogen) atoms. The molecule has 1 aliphatic rings. The first-order chi connectivity index (χ1) is 14.1. The zero-order valence-electron chi connectivity index (χ0n) is 15.9. The summed E-state index contributed by atoms with van der Waals surface area (Å²) in [5, 5.41) is 18.8. The van der Waals surface area contributed by atoms with Crippen molar-refractivity contribution in [3.8, 4) is 6.07 Å². The summed E-state index contributed by atoms with van der Waals surface area (Å²) in [4.78, 5) is 27.2. The van der Waals surface area contributed by atoms with Crippen LogP contribution in [-0.4, -0.2) is 29.1 Å². The summed E-state index contributed by atoms with van der Waals surface area (Å²) in [6.45, 7) is 1.38. The second-order valence-corrected chi connectivity index (χ2v) is 6.72. The number of likely N-dealkylation sites (N-methyl/N-ethyl adjacent to an activating group) is 1. The zero-order valence-corrected chi connectivity index (χ0v) is 15.9. The van der Waals surface area contributed by atoms with Crippen molar-refractivity contribution in [1.29, 1.82) is 5.26 Å². The molecule has 0 spiro atoms. The van der Waals surface area contributed by atoms with Crippen molar-refractivity contribution in [2.75, 3.05) is 11.9 Å². The Balaban J connectivity index is 2.17. The second kappa shape index (κ2) is 7.55. The number of anilines is 1. The van der Waals surface area contributed by atoms with Gasteiger partial charge in [0, 0.05) is 12.7 Å². The molecule has 0 aromatic heterocycles. The number of nitrogens with zero attached hydrogens (tertiary/aromatic N) is 3. The third kappa shape index (κ3) is 3.59. The van der Waals surface area contributed by atoms with Crippen LogP contribution in [0.1, 0.15) is 29.7 Å². The van der Waals surface area contributed by atoms with Crippen molar-refractivity contribution < 1.29 is 27.9 Å². The summed E-state index contributed by atoms with van der Waals surface area (Å²) in [6, 6.07) is 10.6. The van der Waals surface area contributed by atoms with Crippen LogP contribution in [0.3, 0.4) is 0 Å². The van der Waals surface area contributed by atoms with E-state index < -0.39 is 29.8 Å². The average Bonchev–Trinajstić information content (AvgIpc) is 2.70. The van der Waals surface area contributed by atoms with Crippen LogP contribution in [0.4, 0.5) is 23.7 Å². The first kappa shape index (κ1) is 20.9. The number of carbonyl (C=O) groups is 2. The largest absolute Gasteiger partial charge is 0.478 e. The van der Waals surface area contributed by atoms with E-state index in [2.05, 4.69) is 0 Å². The summed E-state index contributed by atoms with van der Waals surface area (Å²) in [5.41, 5.74) is -0.346. The monoisotopic (exact) mass is 415 g/mol. The van der Waals surface area contributed by atoms with Gasteiger partial charge in [0.2, 0.25) is 0 Å². The highest BCUT2D eigenvalue weighted by molar-refractivity contribution is 6.02. The van der Waals surface area contributed by atoms with E-state index in [9.17, 15) is 27.9 Å². The Kier molecular flexibility index (Phi) is 5.27. The van der Waals surface area contributed by atoms with Crippen molar-refractivity contribution in [3.63, 3.8) is 0 Å². The van der Waals surface area contributed by atoms with Gasteiger partial charge in [-0.25, -0.2) is 9.59 Å². The molecule has 0 radical (unpaired) electrons. The Morgan fingerprint density at radius 3 is 2.33 bits per heavy atom. The topological polar surface area (TPSA) is 84.6 Å². The van der Waals surface area contributed by atoms with Gasteiger partial charge >= 0.3 is 18.2 Å². The number of hydrogen-bond acceptors (Lipinski definition) is 3. The number of benzene rings is 2. The Hall–Kier alpha value is -3.80. The Morgan fingerprint density at radius 1 is 1.17 bits per heavy atom. The van der Waals surface area contributed by atoms with Gasteiger partial charge in [-0.2, -0.15) is 18.4 Å². The highest BCUT2D eigenvalue weighted by Crippen LogP contribution is 2.40. The number of amides is 2. The number of rotatable bonds is 3.